The number of hydrogen-bond donors (Lipinski definition) is 1. The van der Waals surface area contributed by atoms with E-state index in [1.807, 2.05) is 6.07 Å². The van der Waals surface area contributed by atoms with Crippen LogP contribution in [0, 0.1) is 5.82 Å². The maximum Gasteiger partial charge on any atom is 0.128 e. The van der Waals surface area contributed by atoms with Gasteiger partial charge >= 0.3 is 0 Å². The largest absolute Gasteiger partial charge is 0.372 e. The SMILES string of the molecule is CCCNC(CCC)C(CC)OCc1ccccc1F. The van der Waals surface area contributed by atoms with Crippen molar-refractivity contribution in [3.63, 3.8) is 0 Å². The van der Waals surface area contributed by atoms with Crippen LogP contribution >= 0.6 is 0 Å². The highest BCUT2D eigenvalue weighted by Gasteiger charge is 2.19. The standard InChI is InChI=1S/C17H28FNO/c1-4-9-16(19-12-5-2)17(6-3)20-13-14-10-7-8-11-15(14)18/h7-8,10-11,16-17,19H,4-6,9,12-13H2,1-3H3. The maximum absolute atomic E-state index is 13.6. The summed E-state index contributed by atoms with van der Waals surface area (Å²) in [5.41, 5.74) is 0.636. The summed E-state index contributed by atoms with van der Waals surface area (Å²) >= 11 is 0. The van der Waals surface area contributed by atoms with Crippen molar-refractivity contribution >= 4 is 0 Å². The van der Waals surface area contributed by atoms with E-state index in [4.69, 9.17) is 4.74 Å². The van der Waals surface area contributed by atoms with Gasteiger partial charge in [-0.2, -0.15) is 0 Å². The smallest absolute Gasteiger partial charge is 0.128 e. The van der Waals surface area contributed by atoms with Crippen molar-refractivity contribution in [2.75, 3.05) is 6.54 Å². The minimum absolute atomic E-state index is 0.140. The third-order valence-corrected chi connectivity index (χ3v) is 3.52. The Labute approximate surface area is 122 Å². The molecule has 0 saturated carbocycles. The molecule has 0 spiro atoms. The van der Waals surface area contributed by atoms with Gasteiger partial charge in [0.05, 0.1) is 12.7 Å². The maximum atomic E-state index is 13.6. The predicted octanol–water partition coefficient (Wildman–Crippen LogP) is 4.29. The monoisotopic (exact) mass is 281 g/mol. The predicted molar refractivity (Wildman–Crippen MR) is 82.3 cm³/mol. The van der Waals surface area contributed by atoms with Crippen LogP contribution in [0.5, 0.6) is 0 Å². The van der Waals surface area contributed by atoms with E-state index in [-0.39, 0.29) is 11.9 Å². The average Bonchev–Trinajstić information content (AvgIpc) is 2.46. The van der Waals surface area contributed by atoms with Gasteiger partial charge in [-0.1, -0.05) is 45.4 Å². The van der Waals surface area contributed by atoms with E-state index in [1.165, 1.54) is 6.07 Å². The average molecular weight is 281 g/mol. The van der Waals surface area contributed by atoms with E-state index < -0.39 is 0 Å². The van der Waals surface area contributed by atoms with Gasteiger partial charge in [-0.05, 0) is 31.9 Å². The molecule has 0 fully saturated rings. The minimum Gasteiger partial charge on any atom is -0.372 e. The summed E-state index contributed by atoms with van der Waals surface area (Å²) in [6.07, 6.45) is 4.41. The second kappa shape index (κ2) is 9.89. The van der Waals surface area contributed by atoms with Crippen LogP contribution in [-0.4, -0.2) is 18.7 Å². The molecule has 0 bridgehead atoms. The molecule has 0 radical (unpaired) electrons. The van der Waals surface area contributed by atoms with E-state index in [2.05, 4.69) is 26.1 Å². The molecule has 0 saturated heterocycles. The zero-order valence-electron chi connectivity index (χ0n) is 13.0. The molecule has 1 N–H and O–H groups in total. The number of benzene rings is 1. The van der Waals surface area contributed by atoms with Gasteiger partial charge in [0.15, 0.2) is 0 Å². The normalized spacial score (nSPS) is 14.2. The van der Waals surface area contributed by atoms with Gasteiger partial charge in [-0.3, -0.25) is 0 Å². The van der Waals surface area contributed by atoms with Gasteiger partial charge < -0.3 is 10.1 Å². The second-order valence-electron chi connectivity index (χ2n) is 5.20. The highest BCUT2D eigenvalue weighted by molar-refractivity contribution is 5.16. The number of ether oxygens (including phenoxy) is 1. The van der Waals surface area contributed by atoms with Gasteiger partial charge in [-0.15, -0.1) is 0 Å². The molecule has 0 amide bonds. The number of hydrogen-bond acceptors (Lipinski definition) is 2. The van der Waals surface area contributed by atoms with Crippen molar-refractivity contribution in [2.45, 2.75) is 65.2 Å². The molecule has 2 nitrogen and oxygen atoms in total. The molecule has 2 unspecified atom stereocenters. The fourth-order valence-corrected chi connectivity index (χ4v) is 2.39. The van der Waals surface area contributed by atoms with Gasteiger partial charge in [0.25, 0.3) is 0 Å². The molecule has 0 aromatic heterocycles. The third kappa shape index (κ3) is 5.59. The highest BCUT2D eigenvalue weighted by Crippen LogP contribution is 2.15. The second-order valence-corrected chi connectivity index (χ2v) is 5.20. The molecule has 0 aliphatic rings. The lowest BCUT2D eigenvalue weighted by Crippen LogP contribution is -2.41. The van der Waals surface area contributed by atoms with Crippen molar-refractivity contribution in [1.29, 1.82) is 0 Å². The van der Waals surface area contributed by atoms with Crippen molar-refractivity contribution < 1.29 is 9.13 Å². The molecule has 0 heterocycles. The molecular weight excluding hydrogens is 253 g/mol. The first-order chi connectivity index (χ1) is 9.72. The van der Waals surface area contributed by atoms with Crippen LogP contribution in [0.25, 0.3) is 0 Å². The van der Waals surface area contributed by atoms with Crippen LogP contribution in [0.4, 0.5) is 4.39 Å². The lowest BCUT2D eigenvalue weighted by Gasteiger charge is -2.27. The quantitative estimate of drug-likeness (QED) is 0.691. The van der Waals surface area contributed by atoms with Gasteiger partial charge in [-0.25, -0.2) is 4.39 Å². The number of rotatable bonds is 10. The van der Waals surface area contributed by atoms with Gasteiger partial charge in [0.2, 0.25) is 0 Å². The fraction of sp³-hybridized carbons (Fsp3) is 0.647. The zero-order chi connectivity index (χ0) is 14.8. The van der Waals surface area contributed by atoms with E-state index in [1.54, 1.807) is 12.1 Å². The highest BCUT2D eigenvalue weighted by atomic mass is 19.1. The zero-order valence-corrected chi connectivity index (χ0v) is 13.0. The lowest BCUT2D eigenvalue weighted by molar-refractivity contribution is 0.00896. The molecule has 3 heteroatoms. The molecule has 20 heavy (non-hydrogen) atoms. The Hall–Kier alpha value is -0.930. The molecule has 1 aromatic carbocycles. The minimum atomic E-state index is -0.184. The molecule has 0 aliphatic carbocycles. The molecule has 114 valence electrons. The van der Waals surface area contributed by atoms with Gasteiger partial charge in [0, 0.05) is 11.6 Å². The lowest BCUT2D eigenvalue weighted by atomic mass is 10.0. The van der Waals surface area contributed by atoms with Crippen LogP contribution in [0.2, 0.25) is 0 Å². The van der Waals surface area contributed by atoms with Crippen LogP contribution in [0.15, 0.2) is 24.3 Å². The molecule has 1 aromatic rings. The molecule has 2 atom stereocenters. The first-order valence-corrected chi connectivity index (χ1v) is 7.81. The Kier molecular flexibility index (Phi) is 8.47. The van der Waals surface area contributed by atoms with Crippen LogP contribution in [-0.2, 0) is 11.3 Å². The summed E-state index contributed by atoms with van der Waals surface area (Å²) in [6, 6.07) is 7.19. The first-order valence-electron chi connectivity index (χ1n) is 7.81. The first kappa shape index (κ1) is 17.1. The number of halogens is 1. The molecule has 0 aliphatic heterocycles. The fourth-order valence-electron chi connectivity index (χ4n) is 2.39. The van der Waals surface area contributed by atoms with Crippen molar-refractivity contribution in [3.05, 3.63) is 35.6 Å². The Morgan fingerprint density at radius 2 is 1.90 bits per heavy atom. The van der Waals surface area contributed by atoms with E-state index in [0.717, 1.165) is 32.2 Å². The summed E-state index contributed by atoms with van der Waals surface area (Å²) in [7, 11) is 0. The topological polar surface area (TPSA) is 21.3 Å². The van der Waals surface area contributed by atoms with Crippen LogP contribution in [0.3, 0.4) is 0 Å². The Balaban J connectivity index is 2.57. The summed E-state index contributed by atoms with van der Waals surface area (Å²) in [5.74, 6) is -0.184. The summed E-state index contributed by atoms with van der Waals surface area (Å²) in [4.78, 5) is 0. The van der Waals surface area contributed by atoms with E-state index >= 15 is 0 Å². The van der Waals surface area contributed by atoms with Crippen molar-refractivity contribution in [3.8, 4) is 0 Å². The molecule has 1 rings (SSSR count). The Bertz CT molecular complexity index is 370. The van der Waals surface area contributed by atoms with Crippen molar-refractivity contribution in [2.24, 2.45) is 0 Å². The van der Waals surface area contributed by atoms with E-state index in [9.17, 15) is 4.39 Å². The third-order valence-electron chi connectivity index (χ3n) is 3.52. The van der Waals surface area contributed by atoms with Crippen molar-refractivity contribution in [1.82, 2.24) is 5.32 Å². The van der Waals surface area contributed by atoms with Crippen LogP contribution < -0.4 is 5.32 Å². The summed E-state index contributed by atoms with van der Waals surface area (Å²) in [5, 5.41) is 3.55. The summed E-state index contributed by atoms with van der Waals surface area (Å²) in [6.45, 7) is 7.83. The van der Waals surface area contributed by atoms with E-state index in [0.29, 0.717) is 18.2 Å². The van der Waals surface area contributed by atoms with Crippen LogP contribution in [0.1, 0.15) is 52.0 Å². The van der Waals surface area contributed by atoms with Gasteiger partial charge in [0.1, 0.15) is 5.82 Å². The summed E-state index contributed by atoms with van der Waals surface area (Å²) < 4.78 is 19.6. The Morgan fingerprint density at radius 1 is 1.15 bits per heavy atom. The molecular formula is C17H28FNO. The number of nitrogens with one attached hydrogen (secondary N) is 1. The Morgan fingerprint density at radius 3 is 2.50 bits per heavy atom.